The second-order valence-electron chi connectivity index (χ2n) is 12.4. The Morgan fingerprint density at radius 1 is 1.22 bits per heavy atom. The maximum Gasteiger partial charge on any atom is 0.508 e. The zero-order valence-corrected chi connectivity index (χ0v) is 23.2. The van der Waals surface area contributed by atoms with Crippen LogP contribution in [-0.2, 0) is 38.9 Å². The molecule has 41 heavy (non-hydrogen) atoms. The lowest BCUT2D eigenvalue weighted by Crippen LogP contribution is -2.46. The molecular weight excluding hydrogens is 534 g/mol. The third-order valence-electron chi connectivity index (χ3n) is 9.44. The number of nitrogens with two attached hydrogens (primary N) is 1. The molecule has 13 nitrogen and oxygen atoms in total. The summed E-state index contributed by atoms with van der Waals surface area (Å²) in [5.74, 6) is -0.592. The van der Waals surface area contributed by atoms with E-state index < -0.39 is 48.6 Å². The average Bonchev–Trinajstić information content (AvgIpc) is 3.65. The number of anilines is 1. The van der Waals surface area contributed by atoms with Crippen LogP contribution in [0.15, 0.2) is 18.5 Å². The molecule has 0 spiro atoms. The lowest BCUT2D eigenvalue weighted by molar-refractivity contribution is -0.166. The third kappa shape index (κ3) is 4.27. The molecule has 2 aromatic heterocycles. The Labute approximate surface area is 236 Å². The SMILES string of the molecule is CC12CCC(C1)C(C)(C)C2OC(=O)OC[C@H]1O[C@@](C#N)(c2ccc3c(N)ncnn23)[C@@H]2OC(=O)CCCC(=O)O[C@@H]21. The van der Waals surface area contributed by atoms with Crippen molar-refractivity contribution in [1.29, 1.82) is 5.26 Å². The van der Waals surface area contributed by atoms with Gasteiger partial charge in [0.05, 0.1) is 5.69 Å². The van der Waals surface area contributed by atoms with Crippen LogP contribution >= 0.6 is 0 Å². The fourth-order valence-electron chi connectivity index (χ4n) is 7.42. The van der Waals surface area contributed by atoms with Gasteiger partial charge in [-0.15, -0.1) is 0 Å². The lowest BCUT2D eigenvalue weighted by Gasteiger charge is -2.41. The molecule has 3 unspecified atom stereocenters. The minimum atomic E-state index is -1.98. The maximum atomic E-state index is 13.0. The second kappa shape index (κ2) is 9.58. The Balaban J connectivity index is 1.30. The molecule has 2 saturated carbocycles. The zero-order chi connectivity index (χ0) is 29.2. The number of fused-ring (bicyclic) bond motifs is 4. The summed E-state index contributed by atoms with van der Waals surface area (Å²) in [5, 5.41) is 14.8. The molecule has 4 heterocycles. The zero-order valence-electron chi connectivity index (χ0n) is 23.2. The van der Waals surface area contributed by atoms with E-state index in [1.807, 2.05) is 0 Å². The normalized spacial score (nSPS) is 35.9. The Morgan fingerprint density at radius 3 is 2.68 bits per heavy atom. The van der Waals surface area contributed by atoms with Gasteiger partial charge in [0.2, 0.25) is 5.60 Å². The number of aromatic nitrogens is 3. The van der Waals surface area contributed by atoms with Crippen LogP contribution in [0.3, 0.4) is 0 Å². The molecule has 4 aliphatic rings. The second-order valence-corrected chi connectivity index (χ2v) is 12.4. The molecule has 2 aliphatic carbocycles. The van der Waals surface area contributed by atoms with Gasteiger partial charge in [0.1, 0.15) is 36.7 Å². The van der Waals surface area contributed by atoms with E-state index in [1.54, 1.807) is 12.1 Å². The summed E-state index contributed by atoms with van der Waals surface area (Å²) in [6.45, 7) is 5.93. The Morgan fingerprint density at radius 2 is 1.98 bits per heavy atom. The average molecular weight is 568 g/mol. The number of hydrogen-bond acceptors (Lipinski definition) is 12. The molecule has 2 N–H and O–H groups in total. The van der Waals surface area contributed by atoms with Crippen LogP contribution in [0, 0.1) is 28.1 Å². The number of rotatable bonds is 4. The molecule has 6 rings (SSSR count). The highest BCUT2D eigenvalue weighted by Gasteiger charge is 2.64. The van der Waals surface area contributed by atoms with Crippen molar-refractivity contribution in [2.24, 2.45) is 16.7 Å². The van der Waals surface area contributed by atoms with Crippen LogP contribution in [0.4, 0.5) is 10.6 Å². The summed E-state index contributed by atoms with van der Waals surface area (Å²) >= 11 is 0. The first kappa shape index (κ1) is 27.3. The van der Waals surface area contributed by atoms with E-state index in [0.29, 0.717) is 11.4 Å². The standard InChI is InChI=1S/C28H33N5O8/c1-26(2)15-9-10-27(3,11-15)24(26)40-25(36)37-12-17-21-22(39-20(35)6-4-5-19(34)38-21)28(13-29,41-17)18-8-7-16-23(30)31-14-32-33(16)18/h7-8,14-15,17,21-22,24H,4-6,9-12H2,1-3H3,(H2,30,31,32)/t15?,17-,21-,22-,24?,27?,28+/m1/s1. The number of hydrogen-bond donors (Lipinski definition) is 1. The van der Waals surface area contributed by atoms with E-state index in [0.717, 1.165) is 19.3 Å². The predicted molar refractivity (Wildman–Crippen MR) is 139 cm³/mol. The summed E-state index contributed by atoms with van der Waals surface area (Å²) < 4.78 is 30.5. The van der Waals surface area contributed by atoms with Gasteiger partial charge in [0.25, 0.3) is 0 Å². The van der Waals surface area contributed by atoms with Crippen molar-refractivity contribution < 1.29 is 38.1 Å². The molecule has 0 amide bonds. The lowest BCUT2D eigenvalue weighted by atomic mass is 9.70. The van der Waals surface area contributed by atoms with Crippen LogP contribution < -0.4 is 5.73 Å². The van der Waals surface area contributed by atoms with E-state index in [4.69, 9.17) is 29.4 Å². The Hall–Kier alpha value is -3.92. The molecule has 2 saturated heterocycles. The van der Waals surface area contributed by atoms with Gasteiger partial charge in [-0.25, -0.2) is 14.3 Å². The number of nitrogen functional groups attached to an aromatic ring is 1. The van der Waals surface area contributed by atoms with Crippen LogP contribution in [0.1, 0.15) is 65.0 Å². The summed E-state index contributed by atoms with van der Waals surface area (Å²) in [6, 6.07) is 5.28. The summed E-state index contributed by atoms with van der Waals surface area (Å²) in [6.07, 6.45) is -0.577. The van der Waals surface area contributed by atoms with Crippen molar-refractivity contribution in [3.05, 3.63) is 24.2 Å². The maximum absolute atomic E-state index is 13.0. The third-order valence-corrected chi connectivity index (χ3v) is 9.44. The number of esters is 2. The topological polar surface area (TPSA) is 177 Å². The smallest absolute Gasteiger partial charge is 0.455 e. The van der Waals surface area contributed by atoms with E-state index in [2.05, 4.69) is 36.9 Å². The quantitative estimate of drug-likeness (QED) is 0.423. The largest absolute Gasteiger partial charge is 0.508 e. The van der Waals surface area contributed by atoms with Crippen LogP contribution in [0.25, 0.3) is 5.52 Å². The molecule has 2 bridgehead atoms. The number of carbonyl (C=O) groups is 3. The highest BCUT2D eigenvalue weighted by molar-refractivity contribution is 5.74. The van der Waals surface area contributed by atoms with E-state index in [9.17, 15) is 19.6 Å². The van der Waals surface area contributed by atoms with E-state index in [1.165, 1.54) is 10.8 Å². The van der Waals surface area contributed by atoms with Gasteiger partial charge in [-0.3, -0.25) is 9.59 Å². The van der Waals surface area contributed by atoms with Crippen LogP contribution in [0.2, 0.25) is 0 Å². The fraction of sp³-hybridized carbons (Fsp3) is 0.643. The Bertz CT molecular complexity index is 1450. The van der Waals surface area contributed by atoms with Gasteiger partial charge in [-0.2, -0.15) is 10.4 Å². The monoisotopic (exact) mass is 567 g/mol. The van der Waals surface area contributed by atoms with Gasteiger partial charge in [-0.1, -0.05) is 20.8 Å². The number of carbonyl (C=O) groups excluding carboxylic acids is 3. The number of ether oxygens (including phenoxy) is 5. The molecule has 218 valence electrons. The van der Waals surface area contributed by atoms with Gasteiger partial charge in [0, 0.05) is 23.7 Å². The molecule has 0 aromatic carbocycles. The number of nitrogens with zero attached hydrogens (tertiary/aromatic N) is 4. The first-order valence-corrected chi connectivity index (χ1v) is 13.9. The van der Waals surface area contributed by atoms with Crippen LogP contribution in [-0.4, -0.2) is 63.7 Å². The molecule has 0 radical (unpaired) electrons. The summed E-state index contributed by atoms with van der Waals surface area (Å²) in [4.78, 5) is 42.4. The van der Waals surface area contributed by atoms with Crippen molar-refractivity contribution in [3.63, 3.8) is 0 Å². The molecule has 2 aliphatic heterocycles. The molecule has 2 aromatic rings. The molecule has 7 atom stereocenters. The molecule has 4 fully saturated rings. The first-order valence-electron chi connectivity index (χ1n) is 13.9. The molecular formula is C28H33N5O8. The van der Waals surface area contributed by atoms with Crippen LogP contribution in [0.5, 0.6) is 0 Å². The van der Waals surface area contributed by atoms with Crippen molar-refractivity contribution >= 4 is 29.4 Å². The predicted octanol–water partition coefficient (Wildman–Crippen LogP) is 2.80. The van der Waals surface area contributed by atoms with E-state index in [-0.39, 0.29) is 47.7 Å². The van der Waals surface area contributed by atoms with Crippen molar-refractivity contribution in [2.45, 2.75) is 89.3 Å². The summed E-state index contributed by atoms with van der Waals surface area (Å²) in [7, 11) is 0. The highest BCUT2D eigenvalue weighted by Crippen LogP contribution is 2.63. The number of nitriles is 1. The minimum Gasteiger partial charge on any atom is -0.455 e. The van der Waals surface area contributed by atoms with Gasteiger partial charge < -0.3 is 29.4 Å². The van der Waals surface area contributed by atoms with Crippen molar-refractivity contribution in [3.8, 4) is 6.07 Å². The highest BCUT2D eigenvalue weighted by atomic mass is 16.7. The summed E-state index contributed by atoms with van der Waals surface area (Å²) in [5.41, 5.74) is 4.28. The van der Waals surface area contributed by atoms with Gasteiger partial charge in [0.15, 0.2) is 18.0 Å². The van der Waals surface area contributed by atoms with Crippen molar-refractivity contribution in [1.82, 2.24) is 14.6 Å². The first-order chi connectivity index (χ1) is 19.5. The molecule has 13 heteroatoms. The van der Waals surface area contributed by atoms with Gasteiger partial charge in [-0.05, 0) is 43.7 Å². The van der Waals surface area contributed by atoms with Gasteiger partial charge >= 0.3 is 18.1 Å². The van der Waals surface area contributed by atoms with E-state index >= 15 is 0 Å². The minimum absolute atomic E-state index is 0.0260. The van der Waals surface area contributed by atoms with Crippen molar-refractivity contribution in [2.75, 3.05) is 12.3 Å². The fourth-order valence-corrected chi connectivity index (χ4v) is 7.42. The Kier molecular flexibility index (Phi) is 6.37.